The predicted octanol–water partition coefficient (Wildman–Crippen LogP) is 0.922. The van der Waals surface area contributed by atoms with Gasteiger partial charge < -0.3 is 9.47 Å². The number of nitrogens with zero attached hydrogens (tertiary/aromatic N) is 5. The Labute approximate surface area is 104 Å². The van der Waals surface area contributed by atoms with Crippen LogP contribution in [0.3, 0.4) is 0 Å². The maximum Gasteiger partial charge on any atom is 0.280 e. The van der Waals surface area contributed by atoms with Gasteiger partial charge in [0.1, 0.15) is 0 Å². The van der Waals surface area contributed by atoms with Crippen LogP contribution < -0.4 is 5.56 Å². The molecule has 0 spiro atoms. The van der Waals surface area contributed by atoms with Gasteiger partial charge in [-0.3, -0.25) is 9.78 Å². The zero-order valence-electron chi connectivity index (χ0n) is 10.9. The molecule has 2 aromatic rings. The van der Waals surface area contributed by atoms with Gasteiger partial charge in [-0.2, -0.15) is 4.98 Å². The second kappa shape index (κ2) is 4.59. The molecule has 0 atom stereocenters. The monoisotopic (exact) mass is 248 g/mol. The Morgan fingerprint density at radius 2 is 2.22 bits per heavy atom. The third kappa shape index (κ3) is 2.24. The van der Waals surface area contributed by atoms with Gasteiger partial charge in [0.15, 0.2) is 11.2 Å². The third-order valence-electron chi connectivity index (χ3n) is 2.39. The second-order valence-corrected chi connectivity index (χ2v) is 4.52. The predicted molar refractivity (Wildman–Crippen MR) is 70.4 cm³/mol. The quantitative estimate of drug-likeness (QED) is 0.647. The number of hydrogen-bond donors (Lipinski definition) is 1. The lowest BCUT2D eigenvalue weighted by atomic mass is 10.4. The molecule has 2 aromatic heterocycles. The molecule has 0 aromatic carbocycles. The molecule has 0 saturated heterocycles. The SMILES string of the molecule is CC(C)n1cnc2c(=O)[nH]c(/N=C/N(C)C)nc21. The zero-order chi connectivity index (χ0) is 13.3. The van der Waals surface area contributed by atoms with E-state index in [2.05, 4.69) is 19.9 Å². The fourth-order valence-corrected chi connectivity index (χ4v) is 1.52. The van der Waals surface area contributed by atoms with Gasteiger partial charge in [-0.05, 0) is 13.8 Å². The summed E-state index contributed by atoms with van der Waals surface area (Å²) in [6, 6.07) is 0.190. The molecule has 7 heteroatoms. The Morgan fingerprint density at radius 3 is 2.83 bits per heavy atom. The van der Waals surface area contributed by atoms with Crippen LogP contribution in [0, 0.1) is 0 Å². The van der Waals surface area contributed by atoms with Crippen molar-refractivity contribution in [2.75, 3.05) is 14.1 Å². The van der Waals surface area contributed by atoms with Gasteiger partial charge in [0.2, 0.25) is 5.95 Å². The Bertz CT molecular complexity index is 637. The Hall–Kier alpha value is -2.18. The maximum atomic E-state index is 11.8. The van der Waals surface area contributed by atoms with Crippen LogP contribution >= 0.6 is 0 Å². The molecule has 2 rings (SSSR count). The van der Waals surface area contributed by atoms with Crippen LogP contribution in [0.25, 0.3) is 11.2 Å². The van der Waals surface area contributed by atoms with Crippen molar-refractivity contribution in [3.8, 4) is 0 Å². The van der Waals surface area contributed by atoms with E-state index >= 15 is 0 Å². The average Bonchev–Trinajstić information content (AvgIpc) is 2.70. The first-order valence-electron chi connectivity index (χ1n) is 5.66. The van der Waals surface area contributed by atoms with E-state index in [9.17, 15) is 4.79 Å². The van der Waals surface area contributed by atoms with Crippen LogP contribution in [-0.2, 0) is 0 Å². The number of H-pyrrole nitrogens is 1. The minimum absolute atomic E-state index is 0.190. The van der Waals surface area contributed by atoms with Gasteiger partial charge in [0.25, 0.3) is 5.56 Å². The summed E-state index contributed by atoms with van der Waals surface area (Å²) in [5.41, 5.74) is 0.623. The van der Waals surface area contributed by atoms with E-state index in [4.69, 9.17) is 0 Å². The van der Waals surface area contributed by atoms with Crippen LogP contribution in [0.2, 0.25) is 0 Å². The molecule has 0 radical (unpaired) electrons. The summed E-state index contributed by atoms with van der Waals surface area (Å²) in [5, 5.41) is 0. The molecule has 96 valence electrons. The number of rotatable bonds is 3. The first-order valence-corrected chi connectivity index (χ1v) is 5.66. The fraction of sp³-hybridized carbons (Fsp3) is 0.455. The topological polar surface area (TPSA) is 79.2 Å². The zero-order valence-corrected chi connectivity index (χ0v) is 10.9. The molecular formula is C11H16N6O. The molecule has 0 aliphatic carbocycles. The summed E-state index contributed by atoms with van der Waals surface area (Å²) < 4.78 is 1.85. The Morgan fingerprint density at radius 1 is 1.50 bits per heavy atom. The molecule has 0 saturated carbocycles. The highest BCUT2D eigenvalue weighted by Crippen LogP contribution is 2.14. The van der Waals surface area contributed by atoms with Crippen molar-refractivity contribution in [3.05, 3.63) is 16.7 Å². The smallest absolute Gasteiger partial charge is 0.280 e. The lowest BCUT2D eigenvalue weighted by Gasteiger charge is -2.06. The van der Waals surface area contributed by atoms with E-state index in [0.29, 0.717) is 11.2 Å². The van der Waals surface area contributed by atoms with E-state index in [0.717, 1.165) is 0 Å². The number of aliphatic imine (C=N–C) groups is 1. The highest BCUT2D eigenvalue weighted by Gasteiger charge is 2.11. The summed E-state index contributed by atoms with van der Waals surface area (Å²) in [6.45, 7) is 4.01. The first kappa shape index (κ1) is 12.3. The highest BCUT2D eigenvalue weighted by atomic mass is 16.1. The van der Waals surface area contributed by atoms with Gasteiger partial charge in [-0.1, -0.05) is 0 Å². The van der Waals surface area contributed by atoms with Gasteiger partial charge in [-0.25, -0.2) is 9.98 Å². The van der Waals surface area contributed by atoms with Crippen LogP contribution in [0.4, 0.5) is 5.95 Å². The number of imidazole rings is 1. The second-order valence-electron chi connectivity index (χ2n) is 4.52. The Balaban J connectivity index is 2.59. The molecule has 0 bridgehead atoms. The van der Waals surface area contributed by atoms with Crippen LogP contribution in [-0.4, -0.2) is 44.9 Å². The summed E-state index contributed by atoms with van der Waals surface area (Å²) in [7, 11) is 3.69. The van der Waals surface area contributed by atoms with Gasteiger partial charge in [0.05, 0.1) is 12.7 Å². The molecule has 0 aliphatic heterocycles. The molecule has 0 amide bonds. The number of hydrogen-bond acceptors (Lipinski definition) is 4. The van der Waals surface area contributed by atoms with Crippen molar-refractivity contribution in [1.29, 1.82) is 0 Å². The lowest BCUT2D eigenvalue weighted by Crippen LogP contribution is -2.11. The van der Waals surface area contributed by atoms with E-state index in [1.165, 1.54) is 0 Å². The van der Waals surface area contributed by atoms with Crippen molar-refractivity contribution in [3.63, 3.8) is 0 Å². The first-order chi connectivity index (χ1) is 8.49. The van der Waals surface area contributed by atoms with Crippen molar-refractivity contribution < 1.29 is 0 Å². The minimum Gasteiger partial charge on any atom is -0.369 e. The highest BCUT2D eigenvalue weighted by molar-refractivity contribution is 5.71. The maximum absolute atomic E-state index is 11.8. The van der Waals surface area contributed by atoms with Crippen molar-refractivity contribution in [1.82, 2.24) is 24.4 Å². The molecule has 7 nitrogen and oxygen atoms in total. The molecule has 0 fully saturated rings. The van der Waals surface area contributed by atoms with Crippen LogP contribution in [0.1, 0.15) is 19.9 Å². The summed E-state index contributed by atoms with van der Waals surface area (Å²) in [6.07, 6.45) is 3.21. The van der Waals surface area contributed by atoms with Gasteiger partial charge >= 0.3 is 0 Å². The normalized spacial score (nSPS) is 11.8. The van der Waals surface area contributed by atoms with Crippen molar-refractivity contribution >= 4 is 23.5 Å². The number of fused-ring (bicyclic) bond motifs is 1. The molecule has 1 N–H and O–H groups in total. The van der Waals surface area contributed by atoms with E-state index in [-0.39, 0.29) is 17.5 Å². The van der Waals surface area contributed by atoms with E-state index < -0.39 is 0 Å². The van der Waals surface area contributed by atoms with Crippen LogP contribution in [0.5, 0.6) is 0 Å². The third-order valence-corrected chi connectivity index (χ3v) is 2.39. The summed E-state index contributed by atoms with van der Waals surface area (Å²) >= 11 is 0. The van der Waals surface area contributed by atoms with Gasteiger partial charge in [0, 0.05) is 20.1 Å². The van der Waals surface area contributed by atoms with E-state index in [1.54, 1.807) is 17.6 Å². The Kier molecular flexibility index (Phi) is 3.14. The van der Waals surface area contributed by atoms with Crippen molar-refractivity contribution in [2.45, 2.75) is 19.9 Å². The lowest BCUT2D eigenvalue weighted by molar-refractivity contribution is 0.612. The summed E-state index contributed by atoms with van der Waals surface area (Å²) in [4.78, 5) is 28.6. The molecule has 18 heavy (non-hydrogen) atoms. The fourth-order valence-electron chi connectivity index (χ4n) is 1.52. The standard InChI is InChI=1S/C11H16N6O/c1-7(2)17-6-12-8-9(17)14-11(15-10(8)18)13-5-16(3)4/h5-7H,1-4H3,(H,14,15,18)/b13-5+. The number of aromatic nitrogens is 4. The summed E-state index contributed by atoms with van der Waals surface area (Å²) in [5.74, 6) is 0.281. The number of nitrogens with one attached hydrogen (secondary N) is 1. The number of aromatic amines is 1. The molecule has 2 heterocycles. The largest absolute Gasteiger partial charge is 0.369 e. The van der Waals surface area contributed by atoms with E-state index in [1.807, 2.05) is 32.5 Å². The van der Waals surface area contributed by atoms with Crippen LogP contribution in [0.15, 0.2) is 16.1 Å². The molecule has 0 unspecified atom stereocenters. The molecular weight excluding hydrogens is 232 g/mol. The van der Waals surface area contributed by atoms with Gasteiger partial charge in [-0.15, -0.1) is 0 Å². The minimum atomic E-state index is -0.273. The van der Waals surface area contributed by atoms with Crippen molar-refractivity contribution in [2.24, 2.45) is 4.99 Å². The molecule has 0 aliphatic rings. The average molecular weight is 248 g/mol.